The summed E-state index contributed by atoms with van der Waals surface area (Å²) in [6.45, 7) is 5.58. The lowest BCUT2D eigenvalue weighted by Crippen LogP contribution is -2.69. The van der Waals surface area contributed by atoms with Crippen molar-refractivity contribution < 1.29 is 9.59 Å². The Hall–Kier alpha value is -0.820. The van der Waals surface area contributed by atoms with Crippen LogP contribution in [-0.4, -0.2) is 23.4 Å². The largest absolute Gasteiger partial charge is 0.340 e. The first kappa shape index (κ1) is 16.5. The topological polar surface area (TPSA) is 49.4 Å². The third-order valence-corrected chi connectivity index (χ3v) is 5.23. The fraction of sp³-hybridized carbons (Fsp3) is 0.467. The van der Waals surface area contributed by atoms with Gasteiger partial charge in [0, 0.05) is 8.59 Å². The van der Waals surface area contributed by atoms with Crippen molar-refractivity contribution in [1.29, 1.82) is 0 Å². The first-order valence-corrected chi connectivity index (χ1v) is 8.42. The number of halogens is 2. The van der Waals surface area contributed by atoms with Crippen molar-refractivity contribution in [1.82, 2.24) is 5.32 Å². The summed E-state index contributed by atoms with van der Waals surface area (Å²) in [6.07, 6.45) is 1.14. The van der Waals surface area contributed by atoms with Crippen LogP contribution in [-0.2, 0) is 9.59 Å². The molecule has 2 amide bonds. The molecule has 0 saturated carbocycles. The molecule has 2 rings (SSSR count). The third-order valence-electron chi connectivity index (χ3n) is 4.13. The van der Waals surface area contributed by atoms with Crippen LogP contribution in [0.15, 0.2) is 18.2 Å². The molecule has 1 unspecified atom stereocenters. The van der Waals surface area contributed by atoms with Gasteiger partial charge in [0.15, 0.2) is 0 Å². The summed E-state index contributed by atoms with van der Waals surface area (Å²) in [6, 6.07) is 4.81. The number of carbonyl (C=O) groups excluding carboxylic acids is 2. The molecule has 1 saturated heterocycles. The number of amides is 2. The second-order valence-corrected chi connectivity index (χ2v) is 6.82. The highest BCUT2D eigenvalue weighted by Gasteiger charge is 2.48. The Kier molecular flexibility index (Phi) is 4.82. The number of benzene rings is 1. The standard InChI is InChI=1S/C15H18ClIN2O2/c1-4-15(5-2)14(21)19(9(3)13(20)18-15)12-7-6-10(16)8-11(12)17/h6-9H,4-5H2,1-3H3,(H,18,20). The van der Waals surface area contributed by atoms with E-state index in [0.29, 0.717) is 17.9 Å². The Balaban J connectivity index is 2.53. The lowest BCUT2D eigenvalue weighted by atomic mass is 9.87. The van der Waals surface area contributed by atoms with E-state index >= 15 is 0 Å². The molecule has 1 heterocycles. The maximum Gasteiger partial charge on any atom is 0.253 e. The van der Waals surface area contributed by atoms with Gasteiger partial charge in [0.1, 0.15) is 11.6 Å². The molecule has 0 aromatic heterocycles. The Morgan fingerprint density at radius 2 is 1.95 bits per heavy atom. The van der Waals surface area contributed by atoms with Crippen LogP contribution in [0.1, 0.15) is 33.6 Å². The van der Waals surface area contributed by atoms with Crippen LogP contribution in [0.2, 0.25) is 5.02 Å². The minimum Gasteiger partial charge on any atom is -0.340 e. The average Bonchev–Trinajstić information content (AvgIpc) is 2.45. The molecule has 6 heteroatoms. The van der Waals surface area contributed by atoms with E-state index in [1.807, 2.05) is 13.8 Å². The average molecular weight is 421 g/mol. The second-order valence-electron chi connectivity index (χ2n) is 5.23. The lowest BCUT2D eigenvalue weighted by molar-refractivity contribution is -0.138. The highest BCUT2D eigenvalue weighted by atomic mass is 127. The zero-order chi connectivity index (χ0) is 15.8. The quantitative estimate of drug-likeness (QED) is 0.763. The molecule has 1 fully saturated rings. The first-order valence-electron chi connectivity index (χ1n) is 6.97. The molecule has 1 aromatic carbocycles. The molecule has 114 valence electrons. The summed E-state index contributed by atoms with van der Waals surface area (Å²) in [5.74, 6) is -0.177. The lowest BCUT2D eigenvalue weighted by Gasteiger charge is -2.44. The SMILES string of the molecule is CCC1(CC)NC(=O)C(C)N(c2ccc(Cl)cc2I)C1=O. The number of piperazine rings is 1. The van der Waals surface area contributed by atoms with Crippen LogP contribution >= 0.6 is 34.2 Å². The fourth-order valence-electron chi connectivity index (χ4n) is 2.64. The van der Waals surface area contributed by atoms with Gasteiger partial charge in [0.2, 0.25) is 5.91 Å². The van der Waals surface area contributed by atoms with E-state index in [1.165, 1.54) is 0 Å². The Morgan fingerprint density at radius 3 is 2.48 bits per heavy atom. The van der Waals surface area contributed by atoms with Crippen LogP contribution in [0.3, 0.4) is 0 Å². The molecule has 1 aliphatic rings. The summed E-state index contributed by atoms with van der Waals surface area (Å²) >= 11 is 8.12. The molecule has 0 spiro atoms. The molecule has 1 aliphatic heterocycles. The second kappa shape index (κ2) is 6.12. The summed E-state index contributed by atoms with van der Waals surface area (Å²) in [7, 11) is 0. The number of hydrogen-bond donors (Lipinski definition) is 1. The highest BCUT2D eigenvalue weighted by Crippen LogP contribution is 2.33. The summed E-state index contributed by atoms with van der Waals surface area (Å²) in [5.41, 5.74) is -0.0783. The maximum atomic E-state index is 13.0. The maximum absolute atomic E-state index is 13.0. The van der Waals surface area contributed by atoms with Gasteiger partial charge in [-0.15, -0.1) is 0 Å². The smallest absolute Gasteiger partial charge is 0.253 e. The number of carbonyl (C=O) groups is 2. The van der Waals surface area contributed by atoms with Crippen LogP contribution in [0, 0.1) is 3.57 Å². The first-order chi connectivity index (χ1) is 9.86. The van der Waals surface area contributed by atoms with Crippen LogP contribution in [0.25, 0.3) is 0 Å². The highest BCUT2D eigenvalue weighted by molar-refractivity contribution is 14.1. The van der Waals surface area contributed by atoms with E-state index in [9.17, 15) is 9.59 Å². The van der Waals surface area contributed by atoms with Gasteiger partial charge in [-0.25, -0.2) is 0 Å². The Labute approximate surface area is 143 Å². The van der Waals surface area contributed by atoms with E-state index in [1.54, 1.807) is 30.0 Å². The fourth-order valence-corrected chi connectivity index (χ4v) is 3.77. The van der Waals surface area contributed by atoms with Crippen molar-refractivity contribution in [3.63, 3.8) is 0 Å². The van der Waals surface area contributed by atoms with E-state index < -0.39 is 11.6 Å². The van der Waals surface area contributed by atoms with E-state index in [0.717, 1.165) is 9.26 Å². The van der Waals surface area contributed by atoms with Gasteiger partial charge >= 0.3 is 0 Å². The molecule has 4 nitrogen and oxygen atoms in total. The van der Waals surface area contributed by atoms with Crippen molar-refractivity contribution >= 4 is 51.7 Å². The number of rotatable bonds is 3. The van der Waals surface area contributed by atoms with E-state index in [2.05, 4.69) is 27.9 Å². The predicted octanol–water partition coefficient (Wildman–Crippen LogP) is 3.35. The van der Waals surface area contributed by atoms with Crippen molar-refractivity contribution in [2.75, 3.05) is 4.90 Å². The molecule has 1 N–H and O–H groups in total. The zero-order valence-electron chi connectivity index (χ0n) is 12.2. The van der Waals surface area contributed by atoms with Crippen molar-refractivity contribution in [2.24, 2.45) is 0 Å². The van der Waals surface area contributed by atoms with Crippen LogP contribution in [0.4, 0.5) is 5.69 Å². The van der Waals surface area contributed by atoms with E-state index in [-0.39, 0.29) is 11.8 Å². The molecule has 0 aliphatic carbocycles. The molecule has 0 bridgehead atoms. The van der Waals surface area contributed by atoms with E-state index in [4.69, 9.17) is 11.6 Å². The normalized spacial score (nSPS) is 21.4. The number of nitrogens with zero attached hydrogens (tertiary/aromatic N) is 1. The van der Waals surface area contributed by atoms with Gasteiger partial charge in [-0.3, -0.25) is 14.5 Å². The molecule has 21 heavy (non-hydrogen) atoms. The molecule has 1 atom stereocenters. The van der Waals surface area contributed by atoms with Crippen LogP contribution in [0.5, 0.6) is 0 Å². The van der Waals surface area contributed by atoms with Gasteiger partial charge in [-0.2, -0.15) is 0 Å². The van der Waals surface area contributed by atoms with Crippen LogP contribution < -0.4 is 10.2 Å². The Bertz CT molecular complexity index is 587. The molecular formula is C15H18ClIN2O2. The summed E-state index contributed by atoms with van der Waals surface area (Å²) in [4.78, 5) is 26.9. The number of hydrogen-bond acceptors (Lipinski definition) is 2. The van der Waals surface area contributed by atoms with Gasteiger partial charge < -0.3 is 5.32 Å². The molecule has 0 radical (unpaired) electrons. The molecule has 1 aromatic rings. The number of anilines is 1. The molecular weight excluding hydrogens is 403 g/mol. The third kappa shape index (κ3) is 2.77. The van der Waals surface area contributed by atoms with Crippen molar-refractivity contribution in [3.05, 3.63) is 26.8 Å². The monoisotopic (exact) mass is 420 g/mol. The number of nitrogens with one attached hydrogen (secondary N) is 1. The predicted molar refractivity (Wildman–Crippen MR) is 92.6 cm³/mol. The van der Waals surface area contributed by atoms with Gasteiger partial charge in [0.25, 0.3) is 5.91 Å². The van der Waals surface area contributed by atoms with Gasteiger partial charge in [-0.1, -0.05) is 25.4 Å². The zero-order valence-corrected chi connectivity index (χ0v) is 15.2. The van der Waals surface area contributed by atoms with Gasteiger partial charge in [0.05, 0.1) is 5.69 Å². The van der Waals surface area contributed by atoms with Crippen molar-refractivity contribution in [2.45, 2.75) is 45.2 Å². The minimum absolute atomic E-state index is 0.0557. The van der Waals surface area contributed by atoms with Gasteiger partial charge in [-0.05, 0) is 60.6 Å². The summed E-state index contributed by atoms with van der Waals surface area (Å²) in [5, 5.41) is 3.51. The van der Waals surface area contributed by atoms with Crippen molar-refractivity contribution in [3.8, 4) is 0 Å². The summed E-state index contributed by atoms with van der Waals surface area (Å²) < 4.78 is 0.858. The minimum atomic E-state index is -0.813. The Morgan fingerprint density at radius 1 is 1.33 bits per heavy atom.